The highest BCUT2D eigenvalue weighted by Crippen LogP contribution is 2.28. The molecule has 4 aromatic rings. The maximum absolute atomic E-state index is 13.2. The summed E-state index contributed by atoms with van der Waals surface area (Å²) in [7, 11) is 1.56. The molecular weight excluding hydrogens is 478 g/mol. The number of nitrogens with one attached hydrogen (secondary N) is 2. The zero-order chi connectivity index (χ0) is 25.9. The molecular formula is C27H28ClN5O3. The van der Waals surface area contributed by atoms with Crippen LogP contribution in [0, 0.1) is 5.41 Å². The van der Waals surface area contributed by atoms with Crippen LogP contribution < -0.4 is 15.4 Å². The molecule has 186 valence electrons. The lowest BCUT2D eigenvalue weighted by atomic mass is 9.92. The quantitative estimate of drug-likeness (QED) is 0.351. The third-order valence-corrected chi connectivity index (χ3v) is 5.82. The van der Waals surface area contributed by atoms with Crippen LogP contribution in [0.15, 0.2) is 60.9 Å². The van der Waals surface area contributed by atoms with Gasteiger partial charge in [-0.2, -0.15) is 5.10 Å². The molecule has 0 atom stereocenters. The van der Waals surface area contributed by atoms with E-state index in [1.54, 1.807) is 48.5 Å². The molecule has 0 saturated carbocycles. The molecule has 2 amide bonds. The van der Waals surface area contributed by atoms with Gasteiger partial charge in [0, 0.05) is 30.6 Å². The molecule has 8 nitrogen and oxygen atoms in total. The zero-order valence-electron chi connectivity index (χ0n) is 20.6. The van der Waals surface area contributed by atoms with E-state index in [4.69, 9.17) is 16.3 Å². The lowest BCUT2D eigenvalue weighted by Gasteiger charge is -2.17. The number of methoxy groups -OCH3 is 1. The molecule has 0 saturated heterocycles. The number of fused-ring (bicyclic) bond motifs is 1. The van der Waals surface area contributed by atoms with Crippen LogP contribution in [-0.4, -0.2) is 33.7 Å². The SMILES string of the molecule is COc1cc(-n2ncc3c(NC(=O)c4cc(CNC(=O)CC(C)(C)C)ccc4Cl)cccc32)ccn1. The van der Waals surface area contributed by atoms with Crippen LogP contribution in [0.1, 0.15) is 43.1 Å². The Labute approximate surface area is 214 Å². The lowest BCUT2D eigenvalue weighted by molar-refractivity contribution is -0.122. The van der Waals surface area contributed by atoms with Crippen molar-refractivity contribution >= 4 is 40.0 Å². The second-order valence-corrected chi connectivity index (χ2v) is 10.0. The molecule has 0 unspecified atom stereocenters. The summed E-state index contributed by atoms with van der Waals surface area (Å²) in [5.41, 5.74) is 3.19. The Bertz CT molecular complexity index is 1420. The van der Waals surface area contributed by atoms with Crippen molar-refractivity contribution in [3.8, 4) is 11.6 Å². The number of halogens is 1. The van der Waals surface area contributed by atoms with E-state index in [-0.39, 0.29) is 17.2 Å². The zero-order valence-corrected chi connectivity index (χ0v) is 21.4. The van der Waals surface area contributed by atoms with E-state index in [0.717, 1.165) is 22.2 Å². The molecule has 0 radical (unpaired) electrons. The van der Waals surface area contributed by atoms with Crippen LogP contribution in [-0.2, 0) is 11.3 Å². The molecule has 9 heteroatoms. The lowest BCUT2D eigenvalue weighted by Crippen LogP contribution is -2.27. The normalized spacial score (nSPS) is 11.4. The summed E-state index contributed by atoms with van der Waals surface area (Å²) in [6.45, 7) is 6.34. The van der Waals surface area contributed by atoms with Gasteiger partial charge in [-0.3, -0.25) is 9.59 Å². The van der Waals surface area contributed by atoms with Crippen molar-refractivity contribution in [3.05, 3.63) is 77.1 Å². The number of rotatable bonds is 7. The van der Waals surface area contributed by atoms with Gasteiger partial charge in [-0.1, -0.05) is 44.5 Å². The molecule has 0 spiro atoms. The van der Waals surface area contributed by atoms with Gasteiger partial charge in [0.2, 0.25) is 11.8 Å². The van der Waals surface area contributed by atoms with Crippen LogP contribution >= 0.6 is 11.6 Å². The van der Waals surface area contributed by atoms with Crippen molar-refractivity contribution in [1.29, 1.82) is 0 Å². The first-order chi connectivity index (χ1) is 17.1. The highest BCUT2D eigenvalue weighted by molar-refractivity contribution is 6.34. The summed E-state index contributed by atoms with van der Waals surface area (Å²) in [5, 5.41) is 11.4. The Hall–Kier alpha value is -3.91. The molecule has 2 aromatic carbocycles. The third-order valence-electron chi connectivity index (χ3n) is 5.49. The largest absolute Gasteiger partial charge is 0.481 e. The average Bonchev–Trinajstić information content (AvgIpc) is 3.27. The minimum absolute atomic E-state index is 0.0426. The molecule has 0 fully saturated rings. The first-order valence-electron chi connectivity index (χ1n) is 11.5. The fourth-order valence-corrected chi connectivity index (χ4v) is 4.00. The van der Waals surface area contributed by atoms with Gasteiger partial charge < -0.3 is 15.4 Å². The number of ether oxygens (including phenoxy) is 1. The second-order valence-electron chi connectivity index (χ2n) is 9.63. The molecule has 0 aliphatic heterocycles. The van der Waals surface area contributed by atoms with E-state index in [1.807, 2.05) is 45.0 Å². The van der Waals surface area contributed by atoms with E-state index in [1.165, 1.54) is 0 Å². The summed E-state index contributed by atoms with van der Waals surface area (Å²) >= 11 is 6.36. The molecule has 0 aliphatic carbocycles. The highest BCUT2D eigenvalue weighted by Gasteiger charge is 2.17. The van der Waals surface area contributed by atoms with E-state index in [2.05, 4.69) is 20.7 Å². The molecule has 2 aromatic heterocycles. The fourth-order valence-electron chi connectivity index (χ4n) is 3.80. The van der Waals surface area contributed by atoms with Crippen molar-refractivity contribution < 1.29 is 14.3 Å². The third kappa shape index (κ3) is 5.83. The Morgan fingerprint density at radius 2 is 1.92 bits per heavy atom. The molecule has 4 rings (SSSR count). The number of benzene rings is 2. The standard InChI is InChI=1S/C27H28ClN5O3/c1-27(2,3)14-24(34)30-15-17-8-9-21(28)19(12-17)26(35)32-22-6-5-7-23-20(22)16-31-33(23)18-10-11-29-25(13-18)36-4/h5-13,16H,14-15H2,1-4H3,(H,30,34)(H,32,35). The topological polar surface area (TPSA) is 98.1 Å². The van der Waals surface area contributed by atoms with Crippen molar-refractivity contribution in [1.82, 2.24) is 20.1 Å². The Morgan fingerprint density at radius 1 is 1.11 bits per heavy atom. The smallest absolute Gasteiger partial charge is 0.257 e. The summed E-state index contributed by atoms with van der Waals surface area (Å²) in [6.07, 6.45) is 3.76. The molecule has 0 aliphatic rings. The number of hydrogen-bond acceptors (Lipinski definition) is 5. The van der Waals surface area contributed by atoms with Crippen molar-refractivity contribution in [3.63, 3.8) is 0 Å². The Kier molecular flexibility index (Phi) is 7.26. The second kappa shape index (κ2) is 10.4. The predicted molar refractivity (Wildman–Crippen MR) is 141 cm³/mol. The molecule has 2 N–H and O–H groups in total. The van der Waals surface area contributed by atoms with Crippen LogP contribution in [0.3, 0.4) is 0 Å². The predicted octanol–water partition coefficient (Wildman–Crippen LogP) is 5.39. The monoisotopic (exact) mass is 505 g/mol. The maximum atomic E-state index is 13.2. The molecule has 0 bridgehead atoms. The van der Waals surface area contributed by atoms with Gasteiger partial charge in [0.15, 0.2) is 0 Å². The van der Waals surface area contributed by atoms with E-state index >= 15 is 0 Å². The van der Waals surface area contributed by atoms with Gasteiger partial charge in [-0.15, -0.1) is 0 Å². The number of carbonyl (C=O) groups excluding carboxylic acids is 2. The number of hydrogen-bond donors (Lipinski definition) is 2. The van der Waals surface area contributed by atoms with Crippen molar-refractivity contribution in [2.45, 2.75) is 33.7 Å². The van der Waals surface area contributed by atoms with E-state index < -0.39 is 0 Å². The van der Waals surface area contributed by atoms with Crippen molar-refractivity contribution in [2.75, 3.05) is 12.4 Å². The van der Waals surface area contributed by atoms with Crippen LogP contribution in [0.2, 0.25) is 5.02 Å². The summed E-state index contributed by atoms with van der Waals surface area (Å²) in [4.78, 5) is 29.5. The molecule has 2 heterocycles. The van der Waals surface area contributed by atoms with E-state index in [0.29, 0.717) is 35.1 Å². The number of amides is 2. The van der Waals surface area contributed by atoms with E-state index in [9.17, 15) is 9.59 Å². The van der Waals surface area contributed by atoms with Gasteiger partial charge in [-0.25, -0.2) is 9.67 Å². The summed E-state index contributed by atoms with van der Waals surface area (Å²) in [5.74, 6) is 0.0809. The van der Waals surface area contributed by atoms with Gasteiger partial charge in [-0.05, 0) is 41.3 Å². The minimum Gasteiger partial charge on any atom is -0.481 e. The van der Waals surface area contributed by atoms with Gasteiger partial charge in [0.05, 0.1) is 40.8 Å². The van der Waals surface area contributed by atoms with Crippen LogP contribution in [0.4, 0.5) is 5.69 Å². The Morgan fingerprint density at radius 3 is 2.67 bits per heavy atom. The molecule has 36 heavy (non-hydrogen) atoms. The maximum Gasteiger partial charge on any atom is 0.257 e. The van der Waals surface area contributed by atoms with Gasteiger partial charge >= 0.3 is 0 Å². The Balaban J connectivity index is 1.55. The summed E-state index contributed by atoms with van der Waals surface area (Å²) in [6, 6.07) is 14.3. The average molecular weight is 506 g/mol. The van der Waals surface area contributed by atoms with Crippen LogP contribution in [0.5, 0.6) is 5.88 Å². The minimum atomic E-state index is -0.353. The fraction of sp³-hybridized carbons (Fsp3) is 0.259. The summed E-state index contributed by atoms with van der Waals surface area (Å²) < 4.78 is 6.97. The van der Waals surface area contributed by atoms with Gasteiger partial charge in [0.1, 0.15) is 0 Å². The van der Waals surface area contributed by atoms with Crippen molar-refractivity contribution in [2.24, 2.45) is 5.41 Å². The first kappa shape index (κ1) is 25.2. The first-order valence-corrected chi connectivity index (χ1v) is 11.9. The number of nitrogens with zero attached hydrogens (tertiary/aromatic N) is 3. The number of carbonyl (C=O) groups is 2. The van der Waals surface area contributed by atoms with Crippen LogP contribution in [0.25, 0.3) is 16.6 Å². The van der Waals surface area contributed by atoms with Gasteiger partial charge in [0.25, 0.3) is 5.91 Å². The highest BCUT2D eigenvalue weighted by atomic mass is 35.5. The number of pyridine rings is 1. The number of aromatic nitrogens is 3. The number of anilines is 1.